The largest absolute Gasteiger partial charge is 0.469 e. The first-order valence-corrected chi connectivity index (χ1v) is 11.8. The molecule has 3 heterocycles. The summed E-state index contributed by atoms with van der Waals surface area (Å²) < 4.78 is 25.4. The molecular formula is C26H27FN4O4. The van der Waals surface area contributed by atoms with Gasteiger partial charge in [0.15, 0.2) is 5.76 Å². The van der Waals surface area contributed by atoms with Crippen LogP contribution in [0.5, 0.6) is 0 Å². The molecule has 3 aromatic rings. The molecule has 2 aromatic heterocycles. The van der Waals surface area contributed by atoms with E-state index in [1.54, 1.807) is 30.0 Å². The number of amides is 2. The topological polar surface area (TPSA) is 91.3 Å². The predicted molar refractivity (Wildman–Crippen MR) is 128 cm³/mol. The van der Waals surface area contributed by atoms with Crippen LogP contribution in [0.1, 0.15) is 56.4 Å². The minimum atomic E-state index is -0.346. The van der Waals surface area contributed by atoms with Crippen LogP contribution in [0.2, 0.25) is 0 Å². The summed E-state index contributed by atoms with van der Waals surface area (Å²) in [7, 11) is 0. The Hall–Kier alpha value is -3.88. The molecule has 0 saturated carbocycles. The van der Waals surface area contributed by atoms with E-state index in [0.717, 1.165) is 23.3 Å². The van der Waals surface area contributed by atoms with Gasteiger partial charge in [0.25, 0.3) is 11.8 Å². The molecule has 182 valence electrons. The van der Waals surface area contributed by atoms with E-state index in [1.165, 1.54) is 12.3 Å². The van der Waals surface area contributed by atoms with Gasteiger partial charge in [-0.2, -0.15) is 5.10 Å². The summed E-state index contributed by atoms with van der Waals surface area (Å²) >= 11 is 0. The number of piperazine rings is 1. The number of nitrogens with zero attached hydrogens (tertiary/aromatic N) is 3. The maximum absolute atomic E-state index is 14.1. The van der Waals surface area contributed by atoms with Crippen LogP contribution in [0.3, 0.4) is 0 Å². The zero-order valence-electron chi connectivity index (χ0n) is 19.8. The van der Waals surface area contributed by atoms with Crippen LogP contribution in [-0.4, -0.2) is 48.6 Å². The highest BCUT2D eigenvalue weighted by molar-refractivity contribution is 6.07. The van der Waals surface area contributed by atoms with Gasteiger partial charge in [0.1, 0.15) is 17.3 Å². The van der Waals surface area contributed by atoms with Crippen LogP contribution in [0.4, 0.5) is 10.1 Å². The lowest BCUT2D eigenvalue weighted by atomic mass is 9.93. The van der Waals surface area contributed by atoms with Gasteiger partial charge < -0.3 is 18.6 Å². The van der Waals surface area contributed by atoms with Gasteiger partial charge in [-0.15, -0.1) is 0 Å². The number of carbonyl (C=O) groups excluding carboxylic acids is 2. The van der Waals surface area contributed by atoms with Crippen LogP contribution in [0.25, 0.3) is 0 Å². The standard InChI is InChI=1S/C26H27FN4O4/c1-16-23-20(28-29-25(32)18-10-15-34-17(18)2)7-5-9-22(23)35-24(16)26(33)31-13-11-30(12-14-31)21-8-4-3-6-19(21)27/h3-4,6,8,10,15H,5,7,9,11-14H2,1-2H3,(H,29,32)/b28-20+. The van der Waals surface area contributed by atoms with Crippen molar-refractivity contribution in [3.63, 3.8) is 0 Å². The van der Waals surface area contributed by atoms with E-state index in [-0.39, 0.29) is 17.6 Å². The second-order valence-electron chi connectivity index (χ2n) is 8.83. The van der Waals surface area contributed by atoms with Gasteiger partial charge in [0.2, 0.25) is 0 Å². The summed E-state index contributed by atoms with van der Waals surface area (Å²) in [6.07, 6.45) is 3.66. The number of para-hydroxylation sites is 1. The number of furan rings is 2. The van der Waals surface area contributed by atoms with Crippen LogP contribution >= 0.6 is 0 Å². The van der Waals surface area contributed by atoms with Gasteiger partial charge in [0, 0.05) is 43.7 Å². The number of rotatable bonds is 4. The van der Waals surface area contributed by atoms with Crippen LogP contribution in [-0.2, 0) is 6.42 Å². The molecule has 0 unspecified atom stereocenters. The second-order valence-corrected chi connectivity index (χ2v) is 8.83. The number of anilines is 1. The Morgan fingerprint density at radius 1 is 1.06 bits per heavy atom. The maximum Gasteiger partial charge on any atom is 0.289 e. The minimum Gasteiger partial charge on any atom is -0.469 e. The molecule has 5 rings (SSSR count). The quantitative estimate of drug-likeness (QED) is 0.571. The van der Waals surface area contributed by atoms with Gasteiger partial charge >= 0.3 is 0 Å². The summed E-state index contributed by atoms with van der Waals surface area (Å²) in [6, 6.07) is 8.28. The molecule has 9 heteroatoms. The third-order valence-corrected chi connectivity index (χ3v) is 6.68. The molecule has 1 aromatic carbocycles. The van der Waals surface area contributed by atoms with Crippen molar-refractivity contribution >= 4 is 23.2 Å². The fourth-order valence-corrected chi connectivity index (χ4v) is 4.79. The van der Waals surface area contributed by atoms with Crippen molar-refractivity contribution in [1.82, 2.24) is 10.3 Å². The Bertz CT molecular complexity index is 1300. The SMILES string of the molecule is Cc1occc1C(=O)N/N=C1\CCCc2oc(C(=O)N3CCN(c4ccccc4F)CC3)c(C)c21. The lowest BCUT2D eigenvalue weighted by molar-refractivity contribution is 0.0711. The minimum absolute atomic E-state index is 0.178. The molecule has 0 bridgehead atoms. The molecule has 2 aliphatic rings. The number of aryl methyl sites for hydroxylation is 2. The molecule has 1 fully saturated rings. The Kier molecular flexibility index (Phi) is 6.15. The molecule has 1 aliphatic heterocycles. The first-order valence-electron chi connectivity index (χ1n) is 11.8. The third kappa shape index (κ3) is 4.34. The van der Waals surface area contributed by atoms with Gasteiger partial charge in [-0.1, -0.05) is 12.1 Å². The Morgan fingerprint density at radius 3 is 2.54 bits per heavy atom. The molecule has 0 atom stereocenters. The lowest BCUT2D eigenvalue weighted by Crippen LogP contribution is -2.49. The molecule has 0 radical (unpaired) electrons. The molecule has 8 nitrogen and oxygen atoms in total. The van der Waals surface area contributed by atoms with Gasteiger partial charge in [-0.3, -0.25) is 9.59 Å². The number of fused-ring (bicyclic) bond motifs is 1. The van der Waals surface area contributed by atoms with Crippen molar-refractivity contribution in [2.45, 2.75) is 33.1 Å². The molecule has 1 N–H and O–H groups in total. The smallest absolute Gasteiger partial charge is 0.289 e. The van der Waals surface area contributed by atoms with Crippen molar-refractivity contribution < 1.29 is 22.8 Å². The Balaban J connectivity index is 1.31. The normalized spacial score (nSPS) is 16.9. The van der Waals surface area contributed by atoms with E-state index in [2.05, 4.69) is 10.5 Å². The number of benzene rings is 1. The number of halogens is 1. The summed E-state index contributed by atoms with van der Waals surface area (Å²) in [6.45, 7) is 5.60. The predicted octanol–water partition coefficient (Wildman–Crippen LogP) is 4.06. The van der Waals surface area contributed by atoms with Crippen LogP contribution in [0.15, 0.2) is 50.5 Å². The van der Waals surface area contributed by atoms with Crippen molar-refractivity contribution in [3.8, 4) is 0 Å². The van der Waals surface area contributed by atoms with E-state index >= 15 is 0 Å². The number of nitrogens with one attached hydrogen (secondary N) is 1. The summed E-state index contributed by atoms with van der Waals surface area (Å²) in [5.74, 6) is 0.761. The van der Waals surface area contributed by atoms with Crippen molar-refractivity contribution in [1.29, 1.82) is 0 Å². The molecule has 2 amide bonds. The Morgan fingerprint density at radius 2 is 1.83 bits per heavy atom. The highest BCUT2D eigenvalue weighted by Gasteiger charge is 2.32. The summed E-state index contributed by atoms with van der Waals surface area (Å²) in [5.41, 5.74) is 5.82. The molecule has 35 heavy (non-hydrogen) atoms. The maximum atomic E-state index is 14.1. The number of hydrogen-bond acceptors (Lipinski definition) is 6. The van der Waals surface area contributed by atoms with Crippen molar-refractivity contribution in [2.24, 2.45) is 5.10 Å². The zero-order valence-corrected chi connectivity index (χ0v) is 19.8. The average Bonchev–Trinajstić information content (AvgIpc) is 3.46. The molecule has 1 aliphatic carbocycles. The summed E-state index contributed by atoms with van der Waals surface area (Å²) in [5, 5.41) is 4.37. The molecule has 1 saturated heterocycles. The zero-order chi connectivity index (χ0) is 24.5. The van der Waals surface area contributed by atoms with Gasteiger partial charge in [-0.05, 0) is 44.9 Å². The Labute approximate surface area is 202 Å². The van der Waals surface area contributed by atoms with Crippen molar-refractivity contribution in [2.75, 3.05) is 31.1 Å². The lowest BCUT2D eigenvalue weighted by Gasteiger charge is -2.35. The van der Waals surface area contributed by atoms with Gasteiger partial charge in [-0.25, -0.2) is 9.82 Å². The van der Waals surface area contributed by atoms with E-state index in [1.807, 2.05) is 17.9 Å². The fourth-order valence-electron chi connectivity index (χ4n) is 4.79. The molecule has 0 spiro atoms. The van der Waals surface area contributed by atoms with E-state index in [0.29, 0.717) is 67.5 Å². The van der Waals surface area contributed by atoms with E-state index in [4.69, 9.17) is 8.83 Å². The highest BCUT2D eigenvalue weighted by Crippen LogP contribution is 2.31. The monoisotopic (exact) mass is 478 g/mol. The third-order valence-electron chi connectivity index (χ3n) is 6.68. The van der Waals surface area contributed by atoms with Crippen molar-refractivity contribution in [3.05, 3.63) is 76.4 Å². The highest BCUT2D eigenvalue weighted by atomic mass is 19.1. The average molecular weight is 479 g/mol. The number of hydrazone groups is 1. The van der Waals surface area contributed by atoms with Crippen LogP contribution in [0, 0.1) is 19.7 Å². The number of carbonyl (C=O) groups is 2. The first-order chi connectivity index (χ1) is 16.9. The fraction of sp³-hybridized carbons (Fsp3) is 0.346. The van der Waals surface area contributed by atoms with Gasteiger partial charge in [0.05, 0.1) is 23.2 Å². The summed E-state index contributed by atoms with van der Waals surface area (Å²) in [4.78, 5) is 29.5. The second kappa shape index (κ2) is 9.40. The van der Waals surface area contributed by atoms with E-state index in [9.17, 15) is 14.0 Å². The molecular weight excluding hydrogens is 451 g/mol. The first kappa shape index (κ1) is 22.9. The van der Waals surface area contributed by atoms with E-state index < -0.39 is 0 Å². The number of hydrogen-bond donors (Lipinski definition) is 1. The van der Waals surface area contributed by atoms with Crippen LogP contribution < -0.4 is 10.3 Å².